The average Bonchev–Trinajstić information content (AvgIpc) is 2.98. The van der Waals surface area contributed by atoms with Gasteiger partial charge >= 0.3 is 0 Å². The highest BCUT2D eigenvalue weighted by Gasteiger charge is 2.44. The SMILES string of the molecule is CC.CC.CCCCCOC1(F)CC1. The summed E-state index contributed by atoms with van der Waals surface area (Å²) in [5.41, 5.74) is 0. The van der Waals surface area contributed by atoms with E-state index in [0.29, 0.717) is 19.4 Å². The average molecular weight is 206 g/mol. The lowest BCUT2D eigenvalue weighted by Crippen LogP contribution is -2.07. The van der Waals surface area contributed by atoms with E-state index in [4.69, 9.17) is 4.74 Å². The van der Waals surface area contributed by atoms with Gasteiger partial charge in [0.05, 0.1) is 6.61 Å². The zero-order chi connectivity index (χ0) is 11.4. The third kappa shape index (κ3) is 9.97. The fourth-order valence-electron chi connectivity index (χ4n) is 0.850. The van der Waals surface area contributed by atoms with Crippen LogP contribution in [0, 0.1) is 0 Å². The van der Waals surface area contributed by atoms with Crippen LogP contribution in [0.1, 0.15) is 66.7 Å². The van der Waals surface area contributed by atoms with Gasteiger partial charge in [-0.25, -0.2) is 4.39 Å². The molecule has 0 bridgehead atoms. The molecule has 1 aliphatic rings. The van der Waals surface area contributed by atoms with Gasteiger partial charge in [0.15, 0.2) is 0 Å². The topological polar surface area (TPSA) is 9.23 Å². The van der Waals surface area contributed by atoms with E-state index >= 15 is 0 Å². The second kappa shape index (κ2) is 11.0. The first kappa shape index (κ1) is 16.3. The summed E-state index contributed by atoms with van der Waals surface area (Å²) < 4.78 is 17.7. The Hall–Kier alpha value is -0.110. The van der Waals surface area contributed by atoms with E-state index in [0.717, 1.165) is 12.8 Å². The van der Waals surface area contributed by atoms with Gasteiger partial charge in [0.1, 0.15) is 0 Å². The summed E-state index contributed by atoms with van der Waals surface area (Å²) in [5, 5.41) is 0. The third-order valence-corrected chi connectivity index (χ3v) is 1.75. The number of hydrogen-bond acceptors (Lipinski definition) is 1. The lowest BCUT2D eigenvalue weighted by molar-refractivity contribution is -0.0639. The molecule has 14 heavy (non-hydrogen) atoms. The Balaban J connectivity index is 0. The highest BCUT2D eigenvalue weighted by atomic mass is 19.2. The standard InChI is InChI=1S/C8H15FO.2C2H6/c1-2-3-4-7-10-8(9)5-6-8;2*1-2/h2-7H2,1H3;2*1-2H3. The van der Waals surface area contributed by atoms with Crippen molar-refractivity contribution in [3.63, 3.8) is 0 Å². The lowest BCUT2D eigenvalue weighted by atomic mass is 10.3. The van der Waals surface area contributed by atoms with Crippen molar-refractivity contribution in [1.29, 1.82) is 0 Å². The van der Waals surface area contributed by atoms with Gasteiger partial charge in [0.25, 0.3) is 0 Å². The minimum absolute atomic E-state index is 0.602. The molecule has 0 aromatic heterocycles. The van der Waals surface area contributed by atoms with Crippen LogP contribution in [0.4, 0.5) is 4.39 Å². The van der Waals surface area contributed by atoms with Crippen LogP contribution in [-0.2, 0) is 4.74 Å². The molecule has 0 aromatic carbocycles. The molecule has 0 spiro atoms. The zero-order valence-electron chi connectivity index (χ0n) is 10.5. The third-order valence-electron chi connectivity index (χ3n) is 1.75. The Morgan fingerprint density at radius 2 is 1.57 bits per heavy atom. The van der Waals surface area contributed by atoms with Gasteiger partial charge in [-0.3, -0.25) is 0 Å². The van der Waals surface area contributed by atoms with Crippen LogP contribution >= 0.6 is 0 Å². The smallest absolute Gasteiger partial charge is 0.209 e. The predicted molar refractivity (Wildman–Crippen MR) is 61.2 cm³/mol. The quantitative estimate of drug-likeness (QED) is 0.592. The van der Waals surface area contributed by atoms with Crippen LogP contribution in [0.15, 0.2) is 0 Å². The molecule has 0 atom stereocenters. The molecule has 88 valence electrons. The van der Waals surface area contributed by atoms with Crippen LogP contribution < -0.4 is 0 Å². The lowest BCUT2D eigenvalue weighted by Gasteiger charge is -2.05. The first-order valence-electron chi connectivity index (χ1n) is 6.10. The number of hydrogen-bond donors (Lipinski definition) is 0. The summed E-state index contributed by atoms with van der Waals surface area (Å²) >= 11 is 0. The molecule has 0 unspecified atom stereocenters. The summed E-state index contributed by atoms with van der Waals surface area (Å²) in [4.78, 5) is 0. The van der Waals surface area contributed by atoms with E-state index in [1.165, 1.54) is 6.42 Å². The van der Waals surface area contributed by atoms with E-state index in [9.17, 15) is 4.39 Å². The molecule has 0 aliphatic heterocycles. The van der Waals surface area contributed by atoms with Crippen LogP contribution in [0.2, 0.25) is 0 Å². The van der Waals surface area contributed by atoms with Crippen molar-refractivity contribution in [2.24, 2.45) is 0 Å². The van der Waals surface area contributed by atoms with E-state index in [1.807, 2.05) is 27.7 Å². The molecular formula is C12H27FO. The Bertz CT molecular complexity index is 100. The Morgan fingerprint density at radius 1 is 1.07 bits per heavy atom. The van der Waals surface area contributed by atoms with Crippen molar-refractivity contribution in [2.75, 3.05) is 6.61 Å². The summed E-state index contributed by atoms with van der Waals surface area (Å²) in [5.74, 6) is -1.20. The second-order valence-corrected chi connectivity index (χ2v) is 2.94. The second-order valence-electron chi connectivity index (χ2n) is 2.94. The van der Waals surface area contributed by atoms with Crippen molar-refractivity contribution in [2.45, 2.75) is 72.6 Å². The van der Waals surface area contributed by atoms with Crippen molar-refractivity contribution in [3.05, 3.63) is 0 Å². The van der Waals surface area contributed by atoms with Gasteiger partial charge in [-0.15, -0.1) is 0 Å². The molecule has 0 radical (unpaired) electrons. The minimum atomic E-state index is -1.20. The Morgan fingerprint density at radius 3 is 1.93 bits per heavy atom. The fraction of sp³-hybridized carbons (Fsp3) is 1.00. The van der Waals surface area contributed by atoms with Gasteiger partial charge in [0, 0.05) is 12.8 Å². The summed E-state index contributed by atoms with van der Waals surface area (Å²) in [6.07, 6.45) is 4.54. The fourth-order valence-corrected chi connectivity index (χ4v) is 0.850. The molecule has 1 fully saturated rings. The van der Waals surface area contributed by atoms with Gasteiger partial charge < -0.3 is 4.74 Å². The number of unbranched alkanes of at least 4 members (excludes halogenated alkanes) is 2. The Labute approximate surface area is 89.0 Å². The zero-order valence-corrected chi connectivity index (χ0v) is 10.5. The molecule has 1 nitrogen and oxygen atoms in total. The normalized spacial score (nSPS) is 15.9. The maximum atomic E-state index is 12.7. The Kier molecular flexibility index (Phi) is 12.8. The predicted octanol–water partition coefficient (Wildman–Crippen LogP) is 4.71. The minimum Gasteiger partial charge on any atom is -0.346 e. The largest absolute Gasteiger partial charge is 0.346 e. The molecule has 0 aromatic rings. The first-order chi connectivity index (χ1) is 6.77. The summed E-state index contributed by atoms with van der Waals surface area (Å²) in [6.45, 7) is 10.7. The maximum absolute atomic E-state index is 12.7. The molecular weight excluding hydrogens is 179 g/mol. The first-order valence-corrected chi connectivity index (χ1v) is 6.10. The molecule has 0 saturated heterocycles. The molecule has 0 heterocycles. The summed E-state index contributed by atoms with van der Waals surface area (Å²) in [6, 6.07) is 0. The number of ether oxygens (including phenoxy) is 1. The van der Waals surface area contributed by atoms with Gasteiger partial charge in [-0.05, 0) is 6.42 Å². The van der Waals surface area contributed by atoms with E-state index in [-0.39, 0.29) is 0 Å². The van der Waals surface area contributed by atoms with Crippen molar-refractivity contribution in [3.8, 4) is 0 Å². The van der Waals surface area contributed by atoms with Crippen molar-refractivity contribution in [1.82, 2.24) is 0 Å². The van der Waals surface area contributed by atoms with Gasteiger partial charge in [0.2, 0.25) is 5.85 Å². The van der Waals surface area contributed by atoms with Crippen LogP contribution in [-0.4, -0.2) is 12.5 Å². The highest BCUT2D eigenvalue weighted by Crippen LogP contribution is 2.40. The van der Waals surface area contributed by atoms with Crippen LogP contribution in [0.3, 0.4) is 0 Å². The monoisotopic (exact) mass is 206 g/mol. The molecule has 0 N–H and O–H groups in total. The molecule has 1 aliphatic carbocycles. The van der Waals surface area contributed by atoms with E-state index in [1.54, 1.807) is 0 Å². The van der Waals surface area contributed by atoms with Crippen LogP contribution in [0.5, 0.6) is 0 Å². The van der Waals surface area contributed by atoms with E-state index in [2.05, 4.69) is 6.92 Å². The van der Waals surface area contributed by atoms with Crippen molar-refractivity contribution < 1.29 is 9.13 Å². The molecule has 1 rings (SSSR count). The van der Waals surface area contributed by atoms with Gasteiger partial charge in [-0.1, -0.05) is 47.5 Å². The van der Waals surface area contributed by atoms with Gasteiger partial charge in [-0.2, -0.15) is 0 Å². The number of halogens is 1. The van der Waals surface area contributed by atoms with Crippen molar-refractivity contribution >= 4 is 0 Å². The highest BCUT2D eigenvalue weighted by molar-refractivity contribution is 4.83. The number of rotatable bonds is 5. The van der Waals surface area contributed by atoms with E-state index < -0.39 is 5.85 Å². The number of alkyl halides is 1. The molecule has 0 amide bonds. The maximum Gasteiger partial charge on any atom is 0.209 e. The van der Waals surface area contributed by atoms with Crippen LogP contribution in [0.25, 0.3) is 0 Å². The summed E-state index contributed by atoms with van der Waals surface area (Å²) in [7, 11) is 0. The molecule has 2 heteroatoms. The molecule has 1 saturated carbocycles.